The normalized spacial score (nSPS) is 10.5. The van der Waals surface area contributed by atoms with Crippen LogP contribution in [0.25, 0.3) is 0 Å². The van der Waals surface area contributed by atoms with E-state index in [1.807, 2.05) is 24.3 Å². The third kappa shape index (κ3) is 6.18. The van der Waals surface area contributed by atoms with E-state index >= 15 is 0 Å². The quantitative estimate of drug-likeness (QED) is 0.381. The molecule has 0 spiro atoms. The molecule has 7 nitrogen and oxygen atoms in total. The monoisotopic (exact) mass is 409 g/mol. The molecule has 2 N–H and O–H groups in total. The van der Waals surface area contributed by atoms with Crippen LogP contribution in [0.1, 0.15) is 59.0 Å². The van der Waals surface area contributed by atoms with Crippen LogP contribution in [-0.4, -0.2) is 26.6 Å². The first-order valence-electron chi connectivity index (χ1n) is 9.54. The van der Waals surface area contributed by atoms with Crippen LogP contribution in [0.4, 0.5) is 10.9 Å². The summed E-state index contributed by atoms with van der Waals surface area (Å²) in [5.74, 6) is 0.530. The van der Waals surface area contributed by atoms with Gasteiger partial charge in [0.25, 0.3) is 5.91 Å². The van der Waals surface area contributed by atoms with E-state index in [-0.39, 0.29) is 11.7 Å². The Morgan fingerprint density at radius 3 is 2.66 bits per heavy atom. The Kier molecular flexibility index (Phi) is 7.40. The number of amides is 1. The van der Waals surface area contributed by atoms with Crippen LogP contribution >= 0.6 is 11.3 Å². The number of ketones is 1. The summed E-state index contributed by atoms with van der Waals surface area (Å²) in [6.45, 7) is 2.49. The Hall–Kier alpha value is -3.13. The standard InChI is InChI=1S/C21H23N5O2S/c1-2-3-4-5-18(27)16-8-6-15(7-9-16)12-23-20(28)17-13-29-21(25-17)26-19-10-11-22-14-24-19/h6-11,13-14H,2-5,12H2,1H3,(H,23,28)(H,22,24,25,26). The maximum absolute atomic E-state index is 12.3. The van der Waals surface area contributed by atoms with Crippen molar-refractivity contribution in [1.82, 2.24) is 20.3 Å². The molecule has 150 valence electrons. The lowest BCUT2D eigenvalue weighted by Crippen LogP contribution is -2.23. The predicted octanol–water partition coefficient (Wildman–Crippen LogP) is 4.37. The van der Waals surface area contributed by atoms with E-state index in [1.54, 1.807) is 17.6 Å². The molecule has 1 amide bonds. The lowest BCUT2D eigenvalue weighted by Gasteiger charge is -2.05. The molecule has 0 saturated heterocycles. The Morgan fingerprint density at radius 1 is 1.10 bits per heavy atom. The summed E-state index contributed by atoms with van der Waals surface area (Å²) < 4.78 is 0. The molecule has 2 aromatic heterocycles. The number of nitrogens with zero attached hydrogens (tertiary/aromatic N) is 3. The third-order valence-electron chi connectivity index (χ3n) is 4.29. The predicted molar refractivity (Wildman–Crippen MR) is 114 cm³/mol. The number of nitrogens with one attached hydrogen (secondary N) is 2. The molecule has 0 bridgehead atoms. The highest BCUT2D eigenvalue weighted by Crippen LogP contribution is 2.19. The Balaban J connectivity index is 1.50. The molecule has 2 heterocycles. The van der Waals surface area contributed by atoms with Gasteiger partial charge < -0.3 is 10.6 Å². The van der Waals surface area contributed by atoms with Gasteiger partial charge in [-0.3, -0.25) is 9.59 Å². The zero-order valence-electron chi connectivity index (χ0n) is 16.2. The van der Waals surface area contributed by atoms with Crippen LogP contribution < -0.4 is 10.6 Å². The van der Waals surface area contributed by atoms with E-state index in [0.29, 0.717) is 29.6 Å². The second-order valence-corrected chi connectivity index (χ2v) is 7.38. The number of hydrogen-bond donors (Lipinski definition) is 2. The molecule has 0 aliphatic rings. The van der Waals surface area contributed by atoms with Crippen LogP contribution in [0.2, 0.25) is 0 Å². The zero-order valence-corrected chi connectivity index (χ0v) is 17.0. The summed E-state index contributed by atoms with van der Waals surface area (Å²) in [4.78, 5) is 36.7. The van der Waals surface area contributed by atoms with E-state index in [0.717, 1.165) is 30.4 Å². The summed E-state index contributed by atoms with van der Waals surface area (Å²) in [6, 6.07) is 9.11. The number of carbonyl (C=O) groups is 2. The maximum Gasteiger partial charge on any atom is 0.271 e. The van der Waals surface area contributed by atoms with Crippen molar-refractivity contribution in [1.29, 1.82) is 0 Å². The average Bonchev–Trinajstić information content (AvgIpc) is 3.22. The van der Waals surface area contributed by atoms with Gasteiger partial charge in [0.2, 0.25) is 0 Å². The molecule has 0 saturated carbocycles. The Morgan fingerprint density at radius 2 is 1.93 bits per heavy atom. The fourth-order valence-corrected chi connectivity index (χ4v) is 3.37. The van der Waals surface area contributed by atoms with Crippen LogP contribution in [-0.2, 0) is 6.54 Å². The first-order valence-corrected chi connectivity index (χ1v) is 10.4. The van der Waals surface area contributed by atoms with E-state index in [2.05, 4.69) is 32.5 Å². The molecule has 0 aliphatic carbocycles. The lowest BCUT2D eigenvalue weighted by molar-refractivity contribution is 0.0944. The van der Waals surface area contributed by atoms with Crippen molar-refractivity contribution in [3.8, 4) is 0 Å². The number of hydrogen-bond acceptors (Lipinski definition) is 7. The van der Waals surface area contributed by atoms with Gasteiger partial charge in [-0.15, -0.1) is 11.3 Å². The summed E-state index contributed by atoms with van der Waals surface area (Å²) in [6.07, 6.45) is 6.74. The molecule has 0 fully saturated rings. The molecule has 8 heteroatoms. The average molecular weight is 410 g/mol. The molecular weight excluding hydrogens is 386 g/mol. The fraction of sp³-hybridized carbons (Fsp3) is 0.286. The number of benzene rings is 1. The van der Waals surface area contributed by atoms with E-state index in [1.165, 1.54) is 17.7 Å². The summed E-state index contributed by atoms with van der Waals surface area (Å²) >= 11 is 1.33. The molecule has 29 heavy (non-hydrogen) atoms. The first kappa shape index (κ1) is 20.6. The molecule has 3 rings (SSSR count). The van der Waals surface area contributed by atoms with Gasteiger partial charge in [-0.2, -0.15) is 0 Å². The van der Waals surface area contributed by atoms with E-state index < -0.39 is 0 Å². The van der Waals surface area contributed by atoms with E-state index in [9.17, 15) is 9.59 Å². The van der Waals surface area contributed by atoms with Crippen molar-refractivity contribution < 1.29 is 9.59 Å². The summed E-state index contributed by atoms with van der Waals surface area (Å²) in [7, 11) is 0. The highest BCUT2D eigenvalue weighted by molar-refractivity contribution is 7.14. The summed E-state index contributed by atoms with van der Waals surface area (Å²) in [5.41, 5.74) is 1.99. The van der Waals surface area contributed by atoms with Crippen molar-refractivity contribution in [3.63, 3.8) is 0 Å². The minimum absolute atomic E-state index is 0.167. The van der Waals surface area contributed by atoms with Gasteiger partial charge in [0.05, 0.1) is 0 Å². The zero-order chi connectivity index (χ0) is 20.5. The van der Waals surface area contributed by atoms with Gasteiger partial charge in [-0.25, -0.2) is 15.0 Å². The number of rotatable bonds is 10. The Bertz CT molecular complexity index is 941. The second kappa shape index (κ2) is 10.4. The number of anilines is 2. The van der Waals surface area contributed by atoms with Crippen molar-refractivity contribution >= 4 is 34.0 Å². The molecular formula is C21H23N5O2S. The van der Waals surface area contributed by atoms with Gasteiger partial charge in [-0.1, -0.05) is 44.0 Å². The Labute approximate surface area is 173 Å². The van der Waals surface area contributed by atoms with Crippen LogP contribution in [0.3, 0.4) is 0 Å². The van der Waals surface area contributed by atoms with Crippen molar-refractivity contribution in [2.75, 3.05) is 5.32 Å². The first-order chi connectivity index (χ1) is 14.2. The molecule has 1 aromatic carbocycles. The summed E-state index contributed by atoms with van der Waals surface area (Å²) in [5, 5.41) is 8.16. The highest BCUT2D eigenvalue weighted by atomic mass is 32.1. The van der Waals surface area contributed by atoms with Gasteiger partial charge >= 0.3 is 0 Å². The smallest absolute Gasteiger partial charge is 0.271 e. The van der Waals surface area contributed by atoms with Crippen LogP contribution in [0.5, 0.6) is 0 Å². The van der Waals surface area contributed by atoms with E-state index in [4.69, 9.17) is 0 Å². The van der Waals surface area contributed by atoms with Gasteiger partial charge in [0, 0.05) is 30.1 Å². The number of thiazole rings is 1. The number of aromatic nitrogens is 3. The fourth-order valence-electron chi connectivity index (χ4n) is 2.67. The SMILES string of the molecule is CCCCCC(=O)c1ccc(CNC(=O)c2csc(Nc3ccncn3)n2)cc1. The van der Waals surface area contributed by atoms with Crippen molar-refractivity contribution in [2.45, 2.75) is 39.2 Å². The van der Waals surface area contributed by atoms with Crippen LogP contribution in [0, 0.1) is 0 Å². The van der Waals surface area contributed by atoms with Gasteiger partial charge in [0.1, 0.15) is 17.8 Å². The molecule has 0 radical (unpaired) electrons. The topological polar surface area (TPSA) is 96.9 Å². The lowest BCUT2D eigenvalue weighted by atomic mass is 10.0. The van der Waals surface area contributed by atoms with Crippen molar-refractivity contribution in [3.05, 3.63) is 65.1 Å². The number of unbranched alkanes of at least 4 members (excludes halogenated alkanes) is 2. The van der Waals surface area contributed by atoms with Gasteiger partial charge in [0.15, 0.2) is 10.9 Å². The minimum atomic E-state index is -0.253. The highest BCUT2D eigenvalue weighted by Gasteiger charge is 2.11. The molecule has 3 aromatic rings. The van der Waals surface area contributed by atoms with Crippen molar-refractivity contribution in [2.24, 2.45) is 0 Å². The number of Topliss-reactive ketones (excluding diaryl/α,β-unsaturated/α-hetero) is 1. The third-order valence-corrected chi connectivity index (χ3v) is 5.05. The minimum Gasteiger partial charge on any atom is -0.347 e. The van der Waals surface area contributed by atoms with Gasteiger partial charge in [-0.05, 0) is 18.1 Å². The van der Waals surface area contributed by atoms with Crippen LogP contribution in [0.15, 0.2) is 48.2 Å². The number of carbonyl (C=O) groups excluding carboxylic acids is 2. The largest absolute Gasteiger partial charge is 0.347 e. The molecule has 0 unspecified atom stereocenters. The molecule has 0 aliphatic heterocycles. The maximum atomic E-state index is 12.3. The second-order valence-electron chi connectivity index (χ2n) is 6.52. The molecule has 0 atom stereocenters.